The lowest BCUT2D eigenvalue weighted by Crippen LogP contribution is -2.07. The van der Waals surface area contributed by atoms with Crippen LogP contribution in [0, 0.1) is 0 Å². The summed E-state index contributed by atoms with van der Waals surface area (Å²) in [5.74, 6) is 0.538. The predicted octanol–water partition coefficient (Wildman–Crippen LogP) is 3.93. The van der Waals surface area contributed by atoms with Crippen LogP contribution in [0.4, 0.5) is 5.13 Å². The number of thiophene rings is 1. The molecule has 0 fully saturated rings. The second kappa shape index (κ2) is 7.17. The van der Waals surface area contributed by atoms with E-state index in [2.05, 4.69) is 15.5 Å². The summed E-state index contributed by atoms with van der Waals surface area (Å²) in [6.45, 7) is 0. The molecule has 0 aliphatic heterocycles. The van der Waals surface area contributed by atoms with Crippen LogP contribution in [0.2, 0.25) is 0 Å². The molecule has 5 nitrogen and oxygen atoms in total. The van der Waals surface area contributed by atoms with Crippen LogP contribution in [0.5, 0.6) is 5.75 Å². The van der Waals surface area contributed by atoms with Gasteiger partial charge in [0.05, 0.1) is 12.0 Å². The zero-order valence-corrected chi connectivity index (χ0v) is 13.9. The molecule has 116 valence electrons. The van der Waals surface area contributed by atoms with Crippen molar-refractivity contribution in [2.45, 2.75) is 0 Å². The molecule has 23 heavy (non-hydrogen) atoms. The first-order valence-electron chi connectivity index (χ1n) is 6.75. The van der Waals surface area contributed by atoms with Crippen LogP contribution in [0.1, 0.15) is 5.56 Å². The van der Waals surface area contributed by atoms with E-state index in [-0.39, 0.29) is 5.91 Å². The van der Waals surface area contributed by atoms with Crippen LogP contribution in [0.3, 0.4) is 0 Å². The van der Waals surface area contributed by atoms with E-state index in [1.54, 1.807) is 24.5 Å². The van der Waals surface area contributed by atoms with Gasteiger partial charge in [0, 0.05) is 6.08 Å². The Kier molecular flexibility index (Phi) is 4.80. The molecule has 3 aromatic rings. The minimum absolute atomic E-state index is 0.241. The third-order valence-electron chi connectivity index (χ3n) is 2.93. The lowest BCUT2D eigenvalue weighted by Gasteiger charge is -1.99. The van der Waals surface area contributed by atoms with Gasteiger partial charge in [-0.2, -0.15) is 0 Å². The Morgan fingerprint density at radius 1 is 1.22 bits per heavy atom. The number of amides is 1. The van der Waals surface area contributed by atoms with Crippen molar-refractivity contribution < 1.29 is 9.53 Å². The predicted molar refractivity (Wildman–Crippen MR) is 93.9 cm³/mol. The van der Waals surface area contributed by atoms with Crippen molar-refractivity contribution in [3.05, 3.63) is 53.4 Å². The van der Waals surface area contributed by atoms with Gasteiger partial charge in [-0.15, -0.1) is 21.5 Å². The number of anilines is 1. The fourth-order valence-electron chi connectivity index (χ4n) is 1.81. The normalized spacial score (nSPS) is 10.8. The van der Waals surface area contributed by atoms with Crippen molar-refractivity contribution in [1.29, 1.82) is 0 Å². The highest BCUT2D eigenvalue weighted by Crippen LogP contribution is 2.29. The minimum atomic E-state index is -0.241. The molecule has 0 radical (unpaired) electrons. The van der Waals surface area contributed by atoms with Gasteiger partial charge in [0.15, 0.2) is 5.01 Å². The second-order valence-corrected chi connectivity index (χ2v) is 6.41. The van der Waals surface area contributed by atoms with Crippen LogP contribution >= 0.6 is 22.7 Å². The molecule has 0 spiro atoms. The molecule has 0 aliphatic rings. The Bertz CT molecular complexity index is 808. The van der Waals surface area contributed by atoms with E-state index >= 15 is 0 Å². The van der Waals surface area contributed by atoms with Gasteiger partial charge in [0.25, 0.3) is 0 Å². The summed E-state index contributed by atoms with van der Waals surface area (Å²) in [6, 6.07) is 11.4. The molecule has 0 aliphatic carbocycles. The summed E-state index contributed by atoms with van der Waals surface area (Å²) in [5.41, 5.74) is 0.914. The van der Waals surface area contributed by atoms with Crippen molar-refractivity contribution in [2.24, 2.45) is 0 Å². The quantitative estimate of drug-likeness (QED) is 0.713. The molecule has 0 atom stereocenters. The fraction of sp³-hybridized carbons (Fsp3) is 0.0625. The first-order valence-corrected chi connectivity index (χ1v) is 8.45. The molecule has 0 unspecified atom stereocenters. The van der Waals surface area contributed by atoms with E-state index in [9.17, 15) is 4.79 Å². The molecular weight excluding hydrogens is 330 g/mol. The maximum Gasteiger partial charge on any atom is 0.250 e. The van der Waals surface area contributed by atoms with E-state index in [0.717, 1.165) is 21.2 Å². The summed E-state index contributed by atoms with van der Waals surface area (Å²) in [7, 11) is 1.62. The first kappa shape index (κ1) is 15.4. The summed E-state index contributed by atoms with van der Waals surface area (Å²) >= 11 is 2.94. The molecule has 2 heterocycles. The highest BCUT2D eigenvalue weighted by Gasteiger charge is 2.08. The minimum Gasteiger partial charge on any atom is -0.497 e. The number of hydrogen-bond donors (Lipinski definition) is 1. The Balaban J connectivity index is 1.61. The zero-order valence-electron chi connectivity index (χ0n) is 12.2. The molecule has 0 saturated heterocycles. The number of nitrogens with zero attached hydrogens (tertiary/aromatic N) is 2. The Hall–Kier alpha value is -2.51. The second-order valence-electron chi connectivity index (χ2n) is 4.49. The molecule has 0 saturated carbocycles. The molecule has 7 heteroatoms. The summed E-state index contributed by atoms with van der Waals surface area (Å²) in [5, 5.41) is 14.0. The third kappa shape index (κ3) is 4.02. The van der Waals surface area contributed by atoms with Gasteiger partial charge in [-0.25, -0.2) is 0 Å². The largest absolute Gasteiger partial charge is 0.497 e. The Morgan fingerprint density at radius 3 is 2.74 bits per heavy atom. The van der Waals surface area contributed by atoms with Gasteiger partial charge in [-0.3, -0.25) is 10.1 Å². The maximum absolute atomic E-state index is 11.9. The molecular formula is C16H13N3O2S2. The van der Waals surface area contributed by atoms with Crippen LogP contribution in [-0.2, 0) is 4.79 Å². The van der Waals surface area contributed by atoms with Gasteiger partial charge in [-0.1, -0.05) is 29.5 Å². The van der Waals surface area contributed by atoms with E-state index in [1.165, 1.54) is 17.4 Å². The number of rotatable bonds is 5. The van der Waals surface area contributed by atoms with Crippen LogP contribution in [-0.4, -0.2) is 23.2 Å². The van der Waals surface area contributed by atoms with Crippen molar-refractivity contribution in [1.82, 2.24) is 10.2 Å². The summed E-state index contributed by atoms with van der Waals surface area (Å²) < 4.78 is 5.09. The van der Waals surface area contributed by atoms with E-state index in [4.69, 9.17) is 4.74 Å². The van der Waals surface area contributed by atoms with E-state index in [1.807, 2.05) is 41.8 Å². The maximum atomic E-state index is 11.9. The molecule has 1 aromatic carbocycles. The van der Waals surface area contributed by atoms with Crippen LogP contribution in [0.25, 0.3) is 16.0 Å². The smallest absolute Gasteiger partial charge is 0.250 e. The number of benzene rings is 1. The number of nitrogens with one attached hydrogen (secondary N) is 1. The van der Waals surface area contributed by atoms with Crippen molar-refractivity contribution in [2.75, 3.05) is 12.4 Å². The SMILES string of the molecule is COc1ccc(/C=C/C(=O)Nc2nnc(-c3cccs3)s2)cc1. The first-order chi connectivity index (χ1) is 11.2. The van der Waals surface area contributed by atoms with Gasteiger partial charge < -0.3 is 4.74 Å². The van der Waals surface area contributed by atoms with Gasteiger partial charge in [0.1, 0.15) is 5.75 Å². The topological polar surface area (TPSA) is 64.1 Å². The van der Waals surface area contributed by atoms with Gasteiger partial charge in [0.2, 0.25) is 11.0 Å². The lowest BCUT2D eigenvalue weighted by molar-refractivity contribution is -0.111. The average molecular weight is 343 g/mol. The highest BCUT2D eigenvalue weighted by atomic mass is 32.1. The number of hydrogen-bond acceptors (Lipinski definition) is 6. The summed E-state index contributed by atoms with van der Waals surface area (Å²) in [6.07, 6.45) is 3.20. The van der Waals surface area contributed by atoms with Crippen molar-refractivity contribution in [3.63, 3.8) is 0 Å². The highest BCUT2D eigenvalue weighted by molar-refractivity contribution is 7.23. The molecule has 2 aromatic heterocycles. The van der Waals surface area contributed by atoms with Gasteiger partial charge in [-0.05, 0) is 35.2 Å². The van der Waals surface area contributed by atoms with E-state index in [0.29, 0.717) is 5.13 Å². The average Bonchev–Trinajstić information content (AvgIpc) is 3.24. The number of ether oxygens (including phenoxy) is 1. The summed E-state index contributed by atoms with van der Waals surface area (Å²) in [4.78, 5) is 13.0. The molecule has 0 bridgehead atoms. The third-order valence-corrected chi connectivity index (χ3v) is 4.81. The van der Waals surface area contributed by atoms with Crippen LogP contribution < -0.4 is 10.1 Å². The zero-order chi connectivity index (χ0) is 16.1. The number of carbonyl (C=O) groups excluding carboxylic acids is 1. The van der Waals surface area contributed by atoms with Crippen LogP contribution in [0.15, 0.2) is 47.9 Å². The molecule has 3 rings (SSSR count). The monoisotopic (exact) mass is 343 g/mol. The molecule has 1 N–H and O–H groups in total. The Labute approximate surface area is 141 Å². The Morgan fingerprint density at radius 2 is 2.04 bits per heavy atom. The van der Waals surface area contributed by atoms with Crippen molar-refractivity contribution in [3.8, 4) is 15.6 Å². The standard InChI is InChI=1S/C16H13N3O2S2/c1-21-12-7-4-11(5-8-12)6-9-14(20)17-16-19-18-15(23-16)13-3-2-10-22-13/h2-10H,1H3,(H,17,19,20)/b9-6+. The number of aromatic nitrogens is 2. The van der Waals surface area contributed by atoms with Crippen molar-refractivity contribution >= 4 is 39.8 Å². The lowest BCUT2D eigenvalue weighted by atomic mass is 10.2. The fourth-order valence-corrected chi connectivity index (χ4v) is 3.35. The van der Waals surface area contributed by atoms with Gasteiger partial charge >= 0.3 is 0 Å². The number of methoxy groups -OCH3 is 1. The number of carbonyl (C=O) groups is 1. The van der Waals surface area contributed by atoms with E-state index < -0.39 is 0 Å². The molecule has 1 amide bonds.